The van der Waals surface area contributed by atoms with Crippen molar-refractivity contribution in [3.63, 3.8) is 0 Å². The number of thiophene rings is 1. The SMILES string of the molecule is CC(C(=O)Nc1cccc(C(=O)Nc2cccc(F)c2)c1)n1c(-c2cccs2)n[nH]c1=S. The van der Waals surface area contributed by atoms with E-state index in [1.165, 1.54) is 29.5 Å². The predicted octanol–water partition coefficient (Wildman–Crippen LogP) is 5.26. The summed E-state index contributed by atoms with van der Waals surface area (Å²) in [5.41, 5.74) is 1.11. The highest BCUT2D eigenvalue weighted by Gasteiger charge is 2.21. The number of anilines is 2. The van der Waals surface area contributed by atoms with Gasteiger partial charge in [0.15, 0.2) is 10.6 Å². The summed E-state index contributed by atoms with van der Waals surface area (Å²) in [6, 6.07) is 15.3. The first-order chi connectivity index (χ1) is 15.4. The second-order valence-corrected chi connectivity index (χ2v) is 8.24. The van der Waals surface area contributed by atoms with Crippen LogP contribution in [-0.2, 0) is 4.79 Å². The zero-order valence-corrected chi connectivity index (χ0v) is 18.5. The van der Waals surface area contributed by atoms with Gasteiger partial charge in [-0.1, -0.05) is 18.2 Å². The molecule has 0 fully saturated rings. The molecule has 4 rings (SSSR count). The van der Waals surface area contributed by atoms with Gasteiger partial charge in [-0.2, -0.15) is 5.10 Å². The first kappa shape index (κ1) is 21.6. The van der Waals surface area contributed by atoms with E-state index in [2.05, 4.69) is 20.8 Å². The molecule has 2 aromatic carbocycles. The van der Waals surface area contributed by atoms with Gasteiger partial charge < -0.3 is 10.6 Å². The first-order valence-corrected chi connectivity index (χ1v) is 10.9. The van der Waals surface area contributed by atoms with Crippen LogP contribution in [0.5, 0.6) is 0 Å². The molecule has 0 aliphatic rings. The number of nitrogens with one attached hydrogen (secondary N) is 3. The van der Waals surface area contributed by atoms with E-state index in [1.807, 2.05) is 17.5 Å². The van der Waals surface area contributed by atoms with Crippen molar-refractivity contribution in [2.24, 2.45) is 0 Å². The van der Waals surface area contributed by atoms with Crippen molar-refractivity contribution < 1.29 is 14.0 Å². The van der Waals surface area contributed by atoms with Gasteiger partial charge in [0.1, 0.15) is 11.9 Å². The fourth-order valence-electron chi connectivity index (χ4n) is 3.12. The van der Waals surface area contributed by atoms with Gasteiger partial charge in [0.2, 0.25) is 5.91 Å². The topological polar surface area (TPSA) is 91.8 Å². The van der Waals surface area contributed by atoms with Gasteiger partial charge in [0.25, 0.3) is 5.91 Å². The van der Waals surface area contributed by atoms with Crippen molar-refractivity contribution in [2.75, 3.05) is 10.6 Å². The quantitative estimate of drug-likeness (QED) is 0.337. The molecule has 1 atom stereocenters. The molecule has 2 heterocycles. The Balaban J connectivity index is 1.50. The highest BCUT2D eigenvalue weighted by atomic mass is 32.1. The number of hydrogen-bond donors (Lipinski definition) is 3. The summed E-state index contributed by atoms with van der Waals surface area (Å²) in [6.45, 7) is 1.72. The fourth-order valence-corrected chi connectivity index (χ4v) is 4.12. The molecule has 4 aromatic rings. The number of hydrogen-bond acceptors (Lipinski definition) is 5. The summed E-state index contributed by atoms with van der Waals surface area (Å²) in [5, 5.41) is 14.4. The minimum absolute atomic E-state index is 0.317. The molecule has 0 aliphatic carbocycles. The molecule has 32 heavy (non-hydrogen) atoms. The number of nitrogens with zero attached hydrogens (tertiary/aromatic N) is 2. The lowest BCUT2D eigenvalue weighted by atomic mass is 10.1. The number of aromatic amines is 1. The van der Waals surface area contributed by atoms with E-state index in [4.69, 9.17) is 12.2 Å². The minimum atomic E-state index is -0.650. The zero-order valence-electron chi connectivity index (χ0n) is 16.8. The number of aromatic nitrogens is 3. The van der Waals surface area contributed by atoms with Crippen molar-refractivity contribution in [3.05, 3.63) is 82.2 Å². The van der Waals surface area contributed by atoms with E-state index in [1.54, 1.807) is 41.8 Å². The Hall–Kier alpha value is -3.63. The van der Waals surface area contributed by atoms with Gasteiger partial charge in [-0.05, 0) is 67.0 Å². The molecule has 1 unspecified atom stereocenters. The maximum absolute atomic E-state index is 13.4. The third-order valence-corrected chi connectivity index (χ3v) is 5.84. The molecule has 10 heteroatoms. The third kappa shape index (κ3) is 4.66. The van der Waals surface area contributed by atoms with Crippen LogP contribution in [0.3, 0.4) is 0 Å². The molecule has 3 N–H and O–H groups in total. The summed E-state index contributed by atoms with van der Waals surface area (Å²) in [6.07, 6.45) is 0. The first-order valence-electron chi connectivity index (χ1n) is 9.61. The van der Waals surface area contributed by atoms with Gasteiger partial charge in [-0.25, -0.2) is 4.39 Å². The molecule has 0 saturated heterocycles. The van der Waals surface area contributed by atoms with Crippen molar-refractivity contribution in [1.82, 2.24) is 14.8 Å². The smallest absolute Gasteiger partial charge is 0.255 e. The number of H-pyrrole nitrogens is 1. The molecule has 162 valence electrons. The van der Waals surface area contributed by atoms with E-state index in [9.17, 15) is 14.0 Å². The highest BCUT2D eigenvalue weighted by molar-refractivity contribution is 7.71. The Morgan fingerprint density at radius 1 is 1.09 bits per heavy atom. The second kappa shape index (κ2) is 9.25. The van der Waals surface area contributed by atoms with Crippen LogP contribution in [0.1, 0.15) is 23.3 Å². The number of benzene rings is 2. The molecule has 0 saturated carbocycles. The van der Waals surface area contributed by atoms with Gasteiger partial charge in [-0.15, -0.1) is 11.3 Å². The van der Waals surface area contributed by atoms with E-state index in [0.29, 0.717) is 27.5 Å². The van der Waals surface area contributed by atoms with Crippen LogP contribution in [0.15, 0.2) is 66.0 Å². The molecule has 0 bridgehead atoms. The van der Waals surface area contributed by atoms with E-state index >= 15 is 0 Å². The van der Waals surface area contributed by atoms with Crippen LogP contribution < -0.4 is 10.6 Å². The van der Waals surface area contributed by atoms with Crippen LogP contribution in [0, 0.1) is 10.6 Å². The van der Waals surface area contributed by atoms with E-state index in [0.717, 1.165) is 4.88 Å². The number of rotatable bonds is 6. The number of carbonyl (C=O) groups is 2. The third-order valence-electron chi connectivity index (χ3n) is 4.69. The van der Waals surface area contributed by atoms with Gasteiger partial charge in [0.05, 0.1) is 4.88 Å². The molecule has 2 aromatic heterocycles. The average Bonchev–Trinajstić information content (AvgIpc) is 3.43. The van der Waals surface area contributed by atoms with Crippen molar-refractivity contribution in [2.45, 2.75) is 13.0 Å². The van der Waals surface area contributed by atoms with Gasteiger partial charge in [-0.3, -0.25) is 19.3 Å². The second-order valence-electron chi connectivity index (χ2n) is 6.91. The van der Waals surface area contributed by atoms with Crippen LogP contribution >= 0.6 is 23.6 Å². The van der Waals surface area contributed by atoms with Crippen LogP contribution in [-0.4, -0.2) is 26.6 Å². The maximum atomic E-state index is 13.4. The van der Waals surface area contributed by atoms with Crippen LogP contribution in [0.25, 0.3) is 10.7 Å². The normalized spacial score (nSPS) is 11.7. The van der Waals surface area contributed by atoms with Crippen LogP contribution in [0.4, 0.5) is 15.8 Å². The lowest BCUT2D eigenvalue weighted by Gasteiger charge is -2.15. The Labute approximate surface area is 191 Å². The van der Waals surface area contributed by atoms with Gasteiger partial charge >= 0.3 is 0 Å². The molecule has 0 radical (unpaired) electrons. The van der Waals surface area contributed by atoms with Crippen molar-refractivity contribution in [3.8, 4) is 10.7 Å². The maximum Gasteiger partial charge on any atom is 0.255 e. The predicted molar refractivity (Wildman–Crippen MR) is 125 cm³/mol. The summed E-state index contributed by atoms with van der Waals surface area (Å²) in [4.78, 5) is 26.3. The average molecular weight is 468 g/mol. The summed E-state index contributed by atoms with van der Waals surface area (Å²) >= 11 is 6.82. The van der Waals surface area contributed by atoms with E-state index < -0.39 is 17.8 Å². The monoisotopic (exact) mass is 467 g/mol. The number of carbonyl (C=O) groups excluding carboxylic acids is 2. The number of halogens is 1. The summed E-state index contributed by atoms with van der Waals surface area (Å²) in [5.74, 6) is -0.603. The molecule has 0 aliphatic heterocycles. The number of amides is 2. The van der Waals surface area contributed by atoms with Crippen molar-refractivity contribution >= 4 is 46.7 Å². The Morgan fingerprint density at radius 2 is 1.84 bits per heavy atom. The minimum Gasteiger partial charge on any atom is -0.324 e. The largest absolute Gasteiger partial charge is 0.324 e. The van der Waals surface area contributed by atoms with Crippen molar-refractivity contribution in [1.29, 1.82) is 0 Å². The highest BCUT2D eigenvalue weighted by Crippen LogP contribution is 2.26. The molecule has 0 spiro atoms. The van der Waals surface area contributed by atoms with E-state index in [-0.39, 0.29) is 5.91 Å². The Bertz CT molecular complexity index is 1330. The van der Waals surface area contributed by atoms with Gasteiger partial charge in [0, 0.05) is 16.9 Å². The standard InChI is InChI=1S/C22H18FN5O2S2/c1-13(28-19(26-27-22(28)31)18-9-4-10-32-18)20(29)24-16-7-2-5-14(11-16)21(30)25-17-8-3-6-15(23)12-17/h2-13H,1H3,(H,24,29)(H,25,30)(H,27,31). The summed E-state index contributed by atoms with van der Waals surface area (Å²) < 4.78 is 15.3. The Kier molecular flexibility index (Phi) is 6.24. The molecule has 2 amide bonds. The molecular weight excluding hydrogens is 449 g/mol. The fraction of sp³-hybridized carbons (Fsp3) is 0.0909. The summed E-state index contributed by atoms with van der Waals surface area (Å²) in [7, 11) is 0. The lowest BCUT2D eigenvalue weighted by Crippen LogP contribution is -2.24. The zero-order chi connectivity index (χ0) is 22.7. The molecule has 7 nitrogen and oxygen atoms in total. The van der Waals surface area contributed by atoms with Crippen LogP contribution in [0.2, 0.25) is 0 Å². The molecular formula is C22H18FN5O2S2. The Morgan fingerprint density at radius 3 is 2.56 bits per heavy atom. The lowest BCUT2D eigenvalue weighted by molar-refractivity contribution is -0.118.